The van der Waals surface area contributed by atoms with Gasteiger partial charge in [-0.1, -0.05) is 13.8 Å². The first-order valence-corrected chi connectivity index (χ1v) is 8.29. The van der Waals surface area contributed by atoms with Crippen LogP contribution < -0.4 is 10.6 Å². The largest absolute Gasteiger partial charge is 0.433 e. The molecule has 0 unspecified atom stereocenters. The summed E-state index contributed by atoms with van der Waals surface area (Å²) in [6, 6.07) is 3.80. The predicted octanol–water partition coefficient (Wildman–Crippen LogP) is 2.87. The standard InChI is InChI=1S/C18H29N3O3/c1-12(2)7-8-19-16(22)18(5,6)24-17(23)20-11-15-9-13(3)21-14(4)10-15/h9-10,12H,7-8,11H2,1-6H3,(H,19,22)(H,20,23). The Hall–Kier alpha value is -2.11. The average Bonchev–Trinajstić information content (AvgIpc) is 2.43. The van der Waals surface area contributed by atoms with Gasteiger partial charge in [0.25, 0.3) is 5.91 Å². The van der Waals surface area contributed by atoms with Gasteiger partial charge in [0.05, 0.1) is 0 Å². The minimum atomic E-state index is -1.22. The minimum Gasteiger partial charge on any atom is -0.433 e. The molecule has 1 aromatic heterocycles. The van der Waals surface area contributed by atoms with Crippen molar-refractivity contribution in [3.8, 4) is 0 Å². The van der Waals surface area contributed by atoms with E-state index in [4.69, 9.17) is 4.74 Å². The molecule has 0 fully saturated rings. The second-order valence-corrected chi connectivity index (χ2v) is 6.95. The second kappa shape index (κ2) is 8.66. The van der Waals surface area contributed by atoms with Crippen LogP contribution >= 0.6 is 0 Å². The van der Waals surface area contributed by atoms with E-state index < -0.39 is 11.7 Å². The average molecular weight is 335 g/mol. The molecule has 0 spiro atoms. The summed E-state index contributed by atoms with van der Waals surface area (Å²) in [4.78, 5) is 28.4. The van der Waals surface area contributed by atoms with Crippen LogP contribution in [0, 0.1) is 19.8 Å². The molecule has 0 aliphatic heterocycles. The van der Waals surface area contributed by atoms with E-state index in [-0.39, 0.29) is 5.91 Å². The predicted molar refractivity (Wildman–Crippen MR) is 93.6 cm³/mol. The topological polar surface area (TPSA) is 80.3 Å². The highest BCUT2D eigenvalue weighted by Crippen LogP contribution is 2.11. The fourth-order valence-corrected chi connectivity index (χ4v) is 2.20. The van der Waals surface area contributed by atoms with E-state index in [1.807, 2.05) is 26.0 Å². The Labute approximate surface area is 144 Å². The highest BCUT2D eigenvalue weighted by atomic mass is 16.6. The summed E-state index contributed by atoms with van der Waals surface area (Å²) in [6.07, 6.45) is 0.264. The Bertz CT molecular complexity index is 563. The maximum absolute atomic E-state index is 12.1. The van der Waals surface area contributed by atoms with Crippen LogP contribution in [0.2, 0.25) is 0 Å². The molecule has 134 valence electrons. The van der Waals surface area contributed by atoms with Crippen molar-refractivity contribution in [1.82, 2.24) is 15.6 Å². The Morgan fingerprint density at radius 1 is 1.17 bits per heavy atom. The first-order chi connectivity index (χ1) is 11.1. The molecule has 1 rings (SSSR count). The summed E-state index contributed by atoms with van der Waals surface area (Å²) in [5, 5.41) is 5.47. The smallest absolute Gasteiger partial charge is 0.408 e. The van der Waals surface area contributed by atoms with Crippen molar-refractivity contribution in [2.75, 3.05) is 6.54 Å². The Morgan fingerprint density at radius 3 is 2.29 bits per heavy atom. The van der Waals surface area contributed by atoms with Crippen molar-refractivity contribution >= 4 is 12.0 Å². The summed E-state index contributed by atoms with van der Waals surface area (Å²) in [5.41, 5.74) is 1.51. The van der Waals surface area contributed by atoms with Gasteiger partial charge in [0.15, 0.2) is 5.60 Å². The maximum atomic E-state index is 12.1. The Kier molecular flexibility index (Phi) is 7.19. The monoisotopic (exact) mass is 335 g/mol. The number of amides is 2. The molecule has 2 amide bonds. The number of aryl methyl sites for hydroxylation is 2. The van der Waals surface area contributed by atoms with Gasteiger partial charge in [-0.2, -0.15) is 0 Å². The molecule has 1 aromatic rings. The first-order valence-electron chi connectivity index (χ1n) is 8.29. The number of rotatable bonds is 7. The fraction of sp³-hybridized carbons (Fsp3) is 0.611. The highest BCUT2D eigenvalue weighted by Gasteiger charge is 2.31. The lowest BCUT2D eigenvalue weighted by Gasteiger charge is -2.24. The third-order valence-corrected chi connectivity index (χ3v) is 3.48. The zero-order chi connectivity index (χ0) is 18.3. The fourth-order valence-electron chi connectivity index (χ4n) is 2.20. The Balaban J connectivity index is 2.48. The molecule has 0 aromatic carbocycles. The van der Waals surface area contributed by atoms with Gasteiger partial charge in [0.1, 0.15) is 0 Å². The van der Waals surface area contributed by atoms with Crippen molar-refractivity contribution in [3.63, 3.8) is 0 Å². The molecule has 0 saturated heterocycles. The van der Waals surface area contributed by atoms with Crippen molar-refractivity contribution in [2.24, 2.45) is 5.92 Å². The summed E-state index contributed by atoms with van der Waals surface area (Å²) in [7, 11) is 0. The summed E-state index contributed by atoms with van der Waals surface area (Å²) in [5.74, 6) is 0.207. The van der Waals surface area contributed by atoms with Gasteiger partial charge >= 0.3 is 6.09 Å². The lowest BCUT2D eigenvalue weighted by Crippen LogP contribution is -2.47. The van der Waals surface area contributed by atoms with Gasteiger partial charge in [-0.25, -0.2) is 4.79 Å². The second-order valence-electron chi connectivity index (χ2n) is 6.95. The van der Waals surface area contributed by atoms with Crippen LogP contribution in [0.25, 0.3) is 0 Å². The van der Waals surface area contributed by atoms with E-state index in [0.717, 1.165) is 23.4 Å². The molecule has 6 nitrogen and oxygen atoms in total. The number of carbonyl (C=O) groups is 2. The summed E-state index contributed by atoms with van der Waals surface area (Å²) < 4.78 is 5.26. The molecule has 24 heavy (non-hydrogen) atoms. The summed E-state index contributed by atoms with van der Waals surface area (Å²) >= 11 is 0. The van der Waals surface area contributed by atoms with Crippen molar-refractivity contribution in [1.29, 1.82) is 0 Å². The maximum Gasteiger partial charge on any atom is 0.408 e. The van der Waals surface area contributed by atoms with Crippen LogP contribution in [0.3, 0.4) is 0 Å². The third-order valence-electron chi connectivity index (χ3n) is 3.48. The van der Waals surface area contributed by atoms with E-state index in [0.29, 0.717) is 19.0 Å². The summed E-state index contributed by atoms with van der Waals surface area (Å²) in [6.45, 7) is 12.0. The van der Waals surface area contributed by atoms with Crippen molar-refractivity contribution in [3.05, 3.63) is 29.1 Å². The van der Waals surface area contributed by atoms with Gasteiger partial charge < -0.3 is 15.4 Å². The molecular weight excluding hydrogens is 306 g/mol. The molecule has 0 radical (unpaired) electrons. The SMILES string of the molecule is Cc1cc(CNC(=O)OC(C)(C)C(=O)NCCC(C)C)cc(C)n1. The molecular formula is C18H29N3O3. The molecule has 0 bridgehead atoms. The molecule has 0 aliphatic rings. The van der Waals surface area contributed by atoms with E-state index in [2.05, 4.69) is 29.5 Å². The van der Waals surface area contributed by atoms with Crippen LogP contribution in [0.5, 0.6) is 0 Å². The Morgan fingerprint density at radius 2 is 1.75 bits per heavy atom. The molecule has 0 saturated carbocycles. The third kappa shape index (κ3) is 6.98. The minimum absolute atomic E-state index is 0.297. The van der Waals surface area contributed by atoms with E-state index >= 15 is 0 Å². The number of hydrogen-bond donors (Lipinski definition) is 2. The van der Waals surface area contributed by atoms with Gasteiger partial charge in [0, 0.05) is 24.5 Å². The van der Waals surface area contributed by atoms with Gasteiger partial charge in [-0.15, -0.1) is 0 Å². The van der Waals surface area contributed by atoms with E-state index in [9.17, 15) is 9.59 Å². The van der Waals surface area contributed by atoms with Gasteiger partial charge in [-0.05, 0) is 57.7 Å². The zero-order valence-electron chi connectivity index (χ0n) is 15.5. The molecule has 0 atom stereocenters. The number of pyridine rings is 1. The number of hydrogen-bond acceptors (Lipinski definition) is 4. The van der Waals surface area contributed by atoms with Crippen molar-refractivity contribution < 1.29 is 14.3 Å². The quantitative estimate of drug-likeness (QED) is 0.803. The zero-order valence-corrected chi connectivity index (χ0v) is 15.5. The van der Waals surface area contributed by atoms with Crippen LogP contribution in [-0.4, -0.2) is 29.1 Å². The number of ether oxygens (including phenoxy) is 1. The van der Waals surface area contributed by atoms with Crippen LogP contribution in [0.15, 0.2) is 12.1 Å². The first kappa shape index (κ1) is 19.9. The number of aromatic nitrogens is 1. The van der Waals surface area contributed by atoms with Crippen LogP contribution in [0.4, 0.5) is 4.79 Å². The molecule has 0 aliphatic carbocycles. The lowest BCUT2D eigenvalue weighted by molar-refractivity contribution is -0.136. The number of nitrogens with zero attached hydrogens (tertiary/aromatic N) is 1. The van der Waals surface area contributed by atoms with Crippen LogP contribution in [-0.2, 0) is 16.1 Å². The van der Waals surface area contributed by atoms with Gasteiger partial charge in [-0.3, -0.25) is 9.78 Å². The number of alkyl carbamates (subject to hydrolysis) is 1. The molecule has 2 N–H and O–H groups in total. The number of carbonyl (C=O) groups excluding carboxylic acids is 2. The van der Waals surface area contributed by atoms with Crippen molar-refractivity contribution in [2.45, 2.75) is 60.1 Å². The number of nitrogens with one attached hydrogen (secondary N) is 2. The van der Waals surface area contributed by atoms with Crippen LogP contribution in [0.1, 0.15) is 51.1 Å². The molecule has 6 heteroatoms. The lowest BCUT2D eigenvalue weighted by atomic mass is 10.1. The van der Waals surface area contributed by atoms with Gasteiger partial charge in [0.2, 0.25) is 0 Å². The van der Waals surface area contributed by atoms with E-state index in [1.165, 1.54) is 0 Å². The van der Waals surface area contributed by atoms with E-state index in [1.54, 1.807) is 13.8 Å². The normalized spacial score (nSPS) is 11.3. The highest BCUT2D eigenvalue weighted by molar-refractivity contribution is 5.86. The molecule has 1 heterocycles.